The van der Waals surface area contributed by atoms with Crippen molar-refractivity contribution in [3.8, 4) is 0 Å². The van der Waals surface area contributed by atoms with Gasteiger partial charge in [0, 0.05) is 30.6 Å². The fourth-order valence-corrected chi connectivity index (χ4v) is 3.25. The van der Waals surface area contributed by atoms with Crippen molar-refractivity contribution in [3.05, 3.63) is 0 Å². The molecule has 0 aromatic rings. The van der Waals surface area contributed by atoms with E-state index in [0.717, 1.165) is 19.3 Å². The standard InChI is InChI=1S/C11H21N3O/c12-13-9-1-3-10(4-2-9)14-5-11(6-14)7-15-8-11/h9-10,13H,1-8,12H2/t9-,10-. The minimum Gasteiger partial charge on any atom is -0.380 e. The molecule has 86 valence electrons. The molecule has 0 amide bonds. The molecule has 3 aliphatic rings. The summed E-state index contributed by atoms with van der Waals surface area (Å²) in [5.41, 5.74) is 3.47. The Kier molecular flexibility index (Phi) is 2.47. The number of hydrazine groups is 1. The number of nitrogens with two attached hydrogens (primary N) is 1. The molecule has 0 atom stereocenters. The molecule has 2 saturated heterocycles. The molecule has 3 rings (SSSR count). The topological polar surface area (TPSA) is 50.5 Å². The number of hydrogen-bond acceptors (Lipinski definition) is 4. The van der Waals surface area contributed by atoms with Gasteiger partial charge in [0.15, 0.2) is 0 Å². The predicted molar refractivity (Wildman–Crippen MR) is 58.2 cm³/mol. The molecule has 2 aliphatic heterocycles. The normalized spacial score (nSPS) is 39.8. The second kappa shape index (κ2) is 3.70. The minimum atomic E-state index is 0.559. The van der Waals surface area contributed by atoms with Gasteiger partial charge in [-0.1, -0.05) is 0 Å². The van der Waals surface area contributed by atoms with Crippen LogP contribution in [-0.4, -0.2) is 43.3 Å². The number of rotatable bonds is 2. The third-order valence-electron chi connectivity index (χ3n) is 4.34. The first-order chi connectivity index (χ1) is 7.31. The van der Waals surface area contributed by atoms with E-state index in [1.807, 2.05) is 0 Å². The predicted octanol–water partition coefficient (Wildman–Crippen LogP) is 0.0931. The summed E-state index contributed by atoms with van der Waals surface area (Å²) < 4.78 is 5.30. The highest BCUT2D eigenvalue weighted by molar-refractivity contribution is 5.02. The van der Waals surface area contributed by atoms with Crippen molar-refractivity contribution in [2.24, 2.45) is 11.3 Å². The Labute approximate surface area is 91.1 Å². The molecular weight excluding hydrogens is 190 g/mol. The molecule has 1 saturated carbocycles. The third-order valence-corrected chi connectivity index (χ3v) is 4.34. The van der Waals surface area contributed by atoms with E-state index in [1.54, 1.807) is 0 Å². The first kappa shape index (κ1) is 10.0. The lowest BCUT2D eigenvalue weighted by molar-refractivity contribution is -0.200. The Bertz CT molecular complexity index is 226. The summed E-state index contributed by atoms with van der Waals surface area (Å²) in [6.45, 7) is 4.56. The monoisotopic (exact) mass is 211 g/mol. The van der Waals surface area contributed by atoms with Crippen molar-refractivity contribution >= 4 is 0 Å². The van der Waals surface area contributed by atoms with Gasteiger partial charge in [-0.3, -0.25) is 16.2 Å². The van der Waals surface area contributed by atoms with Gasteiger partial charge in [-0.2, -0.15) is 0 Å². The zero-order valence-electron chi connectivity index (χ0n) is 9.24. The molecule has 0 aromatic heterocycles. The van der Waals surface area contributed by atoms with E-state index in [9.17, 15) is 0 Å². The Morgan fingerprint density at radius 1 is 1.13 bits per heavy atom. The van der Waals surface area contributed by atoms with Gasteiger partial charge in [0.1, 0.15) is 0 Å². The lowest BCUT2D eigenvalue weighted by Crippen LogP contribution is -2.68. The van der Waals surface area contributed by atoms with Gasteiger partial charge < -0.3 is 4.74 Å². The summed E-state index contributed by atoms with van der Waals surface area (Å²) in [5.74, 6) is 5.46. The van der Waals surface area contributed by atoms with Crippen LogP contribution in [0.4, 0.5) is 0 Å². The van der Waals surface area contributed by atoms with E-state index in [1.165, 1.54) is 38.8 Å². The molecule has 2 heterocycles. The van der Waals surface area contributed by atoms with Crippen LogP contribution < -0.4 is 11.3 Å². The van der Waals surface area contributed by atoms with Gasteiger partial charge in [0.2, 0.25) is 0 Å². The summed E-state index contributed by atoms with van der Waals surface area (Å²) in [7, 11) is 0. The maximum atomic E-state index is 5.46. The number of likely N-dealkylation sites (tertiary alicyclic amines) is 1. The average Bonchev–Trinajstić information content (AvgIpc) is 2.14. The lowest BCUT2D eigenvalue weighted by Gasteiger charge is -2.58. The van der Waals surface area contributed by atoms with Crippen LogP contribution in [0, 0.1) is 5.41 Å². The second-order valence-corrected chi connectivity index (χ2v) is 5.57. The maximum Gasteiger partial charge on any atom is 0.0569 e. The fourth-order valence-electron chi connectivity index (χ4n) is 3.25. The van der Waals surface area contributed by atoms with Gasteiger partial charge in [-0.05, 0) is 25.7 Å². The molecule has 1 spiro atoms. The van der Waals surface area contributed by atoms with Gasteiger partial charge in [0.05, 0.1) is 13.2 Å². The molecular formula is C11H21N3O. The summed E-state index contributed by atoms with van der Waals surface area (Å²) in [6.07, 6.45) is 5.10. The number of nitrogens with zero attached hydrogens (tertiary/aromatic N) is 1. The van der Waals surface area contributed by atoms with E-state index >= 15 is 0 Å². The Morgan fingerprint density at radius 3 is 2.27 bits per heavy atom. The van der Waals surface area contributed by atoms with Crippen molar-refractivity contribution in [1.82, 2.24) is 10.3 Å². The molecule has 3 N–H and O–H groups in total. The smallest absolute Gasteiger partial charge is 0.0569 e. The van der Waals surface area contributed by atoms with Crippen LogP contribution in [-0.2, 0) is 4.74 Å². The van der Waals surface area contributed by atoms with Gasteiger partial charge >= 0.3 is 0 Å². The van der Waals surface area contributed by atoms with Crippen molar-refractivity contribution in [3.63, 3.8) is 0 Å². The Balaban J connectivity index is 1.45. The Morgan fingerprint density at radius 2 is 1.80 bits per heavy atom. The third kappa shape index (κ3) is 1.69. The zero-order chi connectivity index (χ0) is 10.3. The molecule has 0 aromatic carbocycles. The van der Waals surface area contributed by atoms with Crippen molar-refractivity contribution in [2.75, 3.05) is 26.3 Å². The molecule has 1 aliphatic carbocycles. The summed E-state index contributed by atoms with van der Waals surface area (Å²) >= 11 is 0. The molecule has 0 bridgehead atoms. The van der Waals surface area contributed by atoms with Crippen LogP contribution in [0.1, 0.15) is 25.7 Å². The number of nitrogens with one attached hydrogen (secondary N) is 1. The first-order valence-corrected chi connectivity index (χ1v) is 6.09. The second-order valence-electron chi connectivity index (χ2n) is 5.57. The zero-order valence-corrected chi connectivity index (χ0v) is 9.24. The van der Waals surface area contributed by atoms with Crippen molar-refractivity contribution < 1.29 is 4.74 Å². The highest BCUT2D eigenvalue weighted by Gasteiger charge is 2.50. The highest BCUT2D eigenvalue weighted by Crippen LogP contribution is 2.40. The molecule has 4 heteroatoms. The first-order valence-electron chi connectivity index (χ1n) is 6.09. The lowest BCUT2D eigenvalue weighted by atomic mass is 9.75. The van der Waals surface area contributed by atoms with Gasteiger partial charge in [0.25, 0.3) is 0 Å². The SMILES string of the molecule is NN[C@H]1CC[C@H](N2CC3(COC3)C2)CC1. The van der Waals surface area contributed by atoms with E-state index in [4.69, 9.17) is 10.6 Å². The van der Waals surface area contributed by atoms with Crippen LogP contribution in [0.5, 0.6) is 0 Å². The van der Waals surface area contributed by atoms with Crippen LogP contribution >= 0.6 is 0 Å². The van der Waals surface area contributed by atoms with Crippen LogP contribution in [0.15, 0.2) is 0 Å². The minimum absolute atomic E-state index is 0.559. The maximum absolute atomic E-state index is 5.46. The molecule has 15 heavy (non-hydrogen) atoms. The van der Waals surface area contributed by atoms with E-state index < -0.39 is 0 Å². The molecule has 4 nitrogen and oxygen atoms in total. The summed E-state index contributed by atoms with van der Waals surface area (Å²) in [4.78, 5) is 2.65. The molecule has 0 radical (unpaired) electrons. The molecule has 0 unspecified atom stereocenters. The van der Waals surface area contributed by atoms with Crippen LogP contribution in [0.3, 0.4) is 0 Å². The largest absolute Gasteiger partial charge is 0.380 e. The van der Waals surface area contributed by atoms with E-state index in [2.05, 4.69) is 10.3 Å². The van der Waals surface area contributed by atoms with Crippen molar-refractivity contribution in [2.45, 2.75) is 37.8 Å². The highest BCUT2D eigenvalue weighted by atomic mass is 16.5. The number of ether oxygens (including phenoxy) is 1. The quantitative estimate of drug-likeness (QED) is 0.502. The van der Waals surface area contributed by atoms with E-state index in [-0.39, 0.29) is 0 Å². The van der Waals surface area contributed by atoms with E-state index in [0.29, 0.717) is 11.5 Å². The Hall–Kier alpha value is -0.160. The van der Waals surface area contributed by atoms with Crippen LogP contribution in [0.25, 0.3) is 0 Å². The van der Waals surface area contributed by atoms with Gasteiger partial charge in [-0.25, -0.2) is 0 Å². The average molecular weight is 211 g/mol. The number of hydrogen-bond donors (Lipinski definition) is 2. The summed E-state index contributed by atoms with van der Waals surface area (Å²) in [6, 6.07) is 1.38. The van der Waals surface area contributed by atoms with Gasteiger partial charge in [-0.15, -0.1) is 0 Å². The molecule has 3 fully saturated rings. The van der Waals surface area contributed by atoms with Crippen molar-refractivity contribution in [1.29, 1.82) is 0 Å². The fraction of sp³-hybridized carbons (Fsp3) is 1.00. The summed E-state index contributed by atoms with van der Waals surface area (Å²) in [5, 5.41) is 0. The van der Waals surface area contributed by atoms with Crippen LogP contribution in [0.2, 0.25) is 0 Å².